The minimum atomic E-state index is 0.0387. The number of aryl methyl sites for hydroxylation is 2. The van der Waals surface area contributed by atoms with Crippen molar-refractivity contribution >= 4 is 16.9 Å². The average molecular weight is 375 g/mol. The van der Waals surface area contributed by atoms with Crippen LogP contribution in [-0.2, 0) is 0 Å². The van der Waals surface area contributed by atoms with Crippen molar-refractivity contribution in [2.75, 3.05) is 13.1 Å². The maximum atomic E-state index is 13.1. The number of aromatic nitrogens is 4. The van der Waals surface area contributed by atoms with Crippen LogP contribution in [0.25, 0.3) is 11.0 Å². The highest BCUT2D eigenvalue weighted by atomic mass is 16.2. The number of benzene rings is 1. The Balaban J connectivity index is 1.37. The first kappa shape index (κ1) is 17.3. The number of hydrogen-bond donors (Lipinski definition) is 1. The first-order valence-electron chi connectivity index (χ1n) is 10.2. The maximum absolute atomic E-state index is 13.1. The molecule has 28 heavy (non-hydrogen) atoms. The summed E-state index contributed by atoms with van der Waals surface area (Å²) in [5.41, 5.74) is 4.69. The van der Waals surface area contributed by atoms with E-state index in [1.807, 2.05) is 17.9 Å². The average Bonchev–Trinajstić information content (AvgIpc) is 3.46. The van der Waals surface area contributed by atoms with Crippen LogP contribution in [0.2, 0.25) is 0 Å². The van der Waals surface area contributed by atoms with Gasteiger partial charge in [-0.15, -0.1) is 0 Å². The van der Waals surface area contributed by atoms with E-state index in [2.05, 4.69) is 34.0 Å². The third-order valence-corrected chi connectivity index (χ3v) is 6.00. The van der Waals surface area contributed by atoms with Gasteiger partial charge in [0.15, 0.2) is 0 Å². The van der Waals surface area contributed by atoms with Gasteiger partial charge in [-0.25, -0.2) is 15.0 Å². The van der Waals surface area contributed by atoms with Crippen LogP contribution in [0.4, 0.5) is 0 Å². The highest BCUT2D eigenvalue weighted by Crippen LogP contribution is 2.38. The van der Waals surface area contributed by atoms with E-state index in [4.69, 9.17) is 4.98 Å². The van der Waals surface area contributed by atoms with Crippen LogP contribution in [0, 0.1) is 13.8 Å². The molecule has 6 heteroatoms. The molecule has 0 bridgehead atoms. The Kier molecular flexibility index (Phi) is 4.14. The molecule has 2 aliphatic rings. The molecule has 2 aromatic heterocycles. The first-order valence-corrected chi connectivity index (χ1v) is 10.2. The monoisotopic (exact) mass is 375 g/mol. The van der Waals surface area contributed by atoms with Crippen LogP contribution in [-0.4, -0.2) is 43.8 Å². The van der Waals surface area contributed by atoms with Gasteiger partial charge >= 0.3 is 0 Å². The van der Waals surface area contributed by atoms with Crippen LogP contribution in [0.5, 0.6) is 0 Å². The number of nitrogens with one attached hydrogen (secondary N) is 1. The molecular formula is C22H25N5O. The fourth-order valence-electron chi connectivity index (χ4n) is 4.18. The molecule has 0 spiro atoms. The van der Waals surface area contributed by atoms with E-state index in [-0.39, 0.29) is 11.8 Å². The summed E-state index contributed by atoms with van der Waals surface area (Å²) in [7, 11) is 0. The largest absolute Gasteiger partial charge is 0.342 e. The predicted molar refractivity (Wildman–Crippen MR) is 107 cm³/mol. The SMILES string of the molecule is Cc1nc(C2CC2)ncc1C(=O)N1CCCC(c2nc3c(C)cccc3[nH]2)C1. The lowest BCUT2D eigenvalue weighted by Gasteiger charge is -2.32. The fourth-order valence-corrected chi connectivity index (χ4v) is 4.18. The molecule has 0 radical (unpaired) electrons. The molecule has 1 amide bonds. The summed E-state index contributed by atoms with van der Waals surface area (Å²) >= 11 is 0. The highest BCUT2D eigenvalue weighted by Gasteiger charge is 2.30. The van der Waals surface area contributed by atoms with Crippen molar-refractivity contribution in [3.63, 3.8) is 0 Å². The lowest BCUT2D eigenvalue weighted by Crippen LogP contribution is -2.39. The third kappa shape index (κ3) is 3.07. The Labute approximate surface area is 164 Å². The molecule has 1 aliphatic carbocycles. The van der Waals surface area contributed by atoms with Crippen LogP contribution < -0.4 is 0 Å². The number of piperidine rings is 1. The smallest absolute Gasteiger partial charge is 0.257 e. The molecule has 3 heterocycles. The Hall–Kier alpha value is -2.76. The topological polar surface area (TPSA) is 74.8 Å². The third-order valence-electron chi connectivity index (χ3n) is 6.00. The van der Waals surface area contributed by atoms with Crippen molar-refractivity contribution in [3.8, 4) is 0 Å². The second-order valence-corrected chi connectivity index (χ2v) is 8.19. The molecule has 2 fully saturated rings. The summed E-state index contributed by atoms with van der Waals surface area (Å²) in [6.45, 7) is 5.46. The summed E-state index contributed by atoms with van der Waals surface area (Å²) in [6, 6.07) is 6.19. The Bertz CT molecular complexity index is 1050. The lowest BCUT2D eigenvalue weighted by atomic mass is 9.96. The predicted octanol–water partition coefficient (Wildman–Crippen LogP) is 3.87. The van der Waals surface area contributed by atoms with Gasteiger partial charge in [-0.2, -0.15) is 0 Å². The summed E-state index contributed by atoms with van der Waals surface area (Å²) in [4.78, 5) is 32.4. The van der Waals surface area contributed by atoms with Gasteiger partial charge in [0, 0.05) is 31.1 Å². The van der Waals surface area contributed by atoms with Gasteiger partial charge in [0.05, 0.1) is 22.3 Å². The number of carbonyl (C=O) groups is 1. The molecule has 1 saturated heterocycles. The number of likely N-dealkylation sites (tertiary alicyclic amines) is 1. The molecular weight excluding hydrogens is 350 g/mol. The molecule has 5 rings (SSSR count). The maximum Gasteiger partial charge on any atom is 0.257 e. The zero-order valence-corrected chi connectivity index (χ0v) is 16.4. The van der Waals surface area contributed by atoms with Crippen molar-refractivity contribution in [1.82, 2.24) is 24.8 Å². The molecule has 144 valence electrons. The quantitative estimate of drug-likeness (QED) is 0.754. The van der Waals surface area contributed by atoms with Gasteiger partial charge < -0.3 is 9.88 Å². The van der Waals surface area contributed by atoms with E-state index in [1.165, 1.54) is 5.56 Å². The minimum absolute atomic E-state index is 0.0387. The Morgan fingerprint density at radius 1 is 1.14 bits per heavy atom. The molecule has 3 aromatic rings. The van der Waals surface area contributed by atoms with Crippen molar-refractivity contribution in [1.29, 1.82) is 0 Å². The van der Waals surface area contributed by atoms with Gasteiger partial charge in [0.1, 0.15) is 11.6 Å². The van der Waals surface area contributed by atoms with Gasteiger partial charge in [-0.1, -0.05) is 12.1 Å². The first-order chi connectivity index (χ1) is 13.6. The second kappa shape index (κ2) is 6.69. The zero-order valence-electron chi connectivity index (χ0n) is 16.4. The molecule has 1 aromatic carbocycles. The summed E-state index contributed by atoms with van der Waals surface area (Å²) in [5, 5.41) is 0. The number of para-hydroxylation sites is 1. The number of nitrogens with zero attached hydrogens (tertiary/aromatic N) is 4. The molecule has 1 saturated carbocycles. The van der Waals surface area contributed by atoms with E-state index >= 15 is 0 Å². The number of amides is 1. The van der Waals surface area contributed by atoms with E-state index in [1.54, 1.807) is 6.20 Å². The van der Waals surface area contributed by atoms with Gasteiger partial charge in [0.25, 0.3) is 5.91 Å². The molecule has 1 unspecified atom stereocenters. The number of hydrogen-bond acceptors (Lipinski definition) is 4. The van der Waals surface area contributed by atoms with Crippen LogP contribution in [0.15, 0.2) is 24.4 Å². The number of H-pyrrole nitrogens is 1. The number of rotatable bonds is 3. The molecule has 1 aliphatic heterocycles. The second-order valence-electron chi connectivity index (χ2n) is 8.19. The van der Waals surface area contributed by atoms with Crippen molar-refractivity contribution in [2.45, 2.75) is 51.4 Å². The summed E-state index contributed by atoms with van der Waals surface area (Å²) in [5.74, 6) is 2.65. The number of fused-ring (bicyclic) bond motifs is 1. The molecule has 1 atom stereocenters. The van der Waals surface area contributed by atoms with Gasteiger partial charge in [0.2, 0.25) is 0 Å². The lowest BCUT2D eigenvalue weighted by molar-refractivity contribution is 0.0703. The number of carbonyl (C=O) groups excluding carboxylic acids is 1. The van der Waals surface area contributed by atoms with Crippen molar-refractivity contribution in [3.05, 3.63) is 52.9 Å². The Morgan fingerprint density at radius 2 is 2.00 bits per heavy atom. The standard InChI is InChI=1S/C22H25N5O/c1-13-5-3-7-18-19(13)26-21(25-18)16-6-4-10-27(12-16)22(28)17-11-23-20(15-8-9-15)24-14(17)2/h3,5,7,11,15-16H,4,6,8-10,12H2,1-2H3,(H,25,26). The normalized spacial score (nSPS) is 19.9. The van der Waals surface area contributed by atoms with E-state index < -0.39 is 0 Å². The molecule has 1 N–H and O–H groups in total. The Morgan fingerprint density at radius 3 is 2.75 bits per heavy atom. The van der Waals surface area contributed by atoms with Crippen molar-refractivity contribution < 1.29 is 4.79 Å². The fraction of sp³-hybridized carbons (Fsp3) is 0.455. The minimum Gasteiger partial charge on any atom is -0.342 e. The van der Waals surface area contributed by atoms with Crippen LogP contribution in [0.1, 0.15) is 70.8 Å². The zero-order chi connectivity index (χ0) is 19.3. The van der Waals surface area contributed by atoms with E-state index in [0.717, 1.165) is 60.6 Å². The van der Waals surface area contributed by atoms with E-state index in [9.17, 15) is 4.79 Å². The van der Waals surface area contributed by atoms with Crippen molar-refractivity contribution in [2.24, 2.45) is 0 Å². The van der Waals surface area contributed by atoms with Gasteiger partial charge in [-0.3, -0.25) is 4.79 Å². The summed E-state index contributed by atoms with van der Waals surface area (Å²) < 4.78 is 0. The summed E-state index contributed by atoms with van der Waals surface area (Å²) in [6.07, 6.45) is 6.08. The van der Waals surface area contributed by atoms with Crippen LogP contribution >= 0.6 is 0 Å². The number of imidazole rings is 1. The molecule has 6 nitrogen and oxygen atoms in total. The number of aromatic amines is 1. The van der Waals surface area contributed by atoms with E-state index in [0.29, 0.717) is 18.0 Å². The van der Waals surface area contributed by atoms with Gasteiger partial charge in [-0.05, 0) is 51.2 Å². The highest BCUT2D eigenvalue weighted by molar-refractivity contribution is 5.95. The van der Waals surface area contributed by atoms with Crippen LogP contribution in [0.3, 0.4) is 0 Å².